The number of nitrogens with zero attached hydrogens (tertiary/aromatic N) is 3. The van der Waals surface area contributed by atoms with Crippen LogP contribution in [0.3, 0.4) is 0 Å². The van der Waals surface area contributed by atoms with Crippen molar-refractivity contribution in [2.24, 2.45) is 7.05 Å². The molecule has 1 aliphatic rings. The molecule has 0 radical (unpaired) electrons. The predicted octanol–water partition coefficient (Wildman–Crippen LogP) is 3.03. The number of morpholine rings is 1. The Morgan fingerprint density at radius 1 is 1.21 bits per heavy atom. The molecule has 2 heterocycles. The van der Waals surface area contributed by atoms with Crippen molar-refractivity contribution in [2.45, 2.75) is 6.04 Å². The average molecular weight is 399 g/mol. The Kier molecular flexibility index (Phi) is 5.62. The van der Waals surface area contributed by atoms with Crippen molar-refractivity contribution in [1.82, 2.24) is 19.8 Å². The first kappa shape index (κ1) is 18.9. The van der Waals surface area contributed by atoms with E-state index in [0.29, 0.717) is 30.3 Å². The van der Waals surface area contributed by atoms with Gasteiger partial charge in [0.05, 0.1) is 36.6 Å². The first-order valence-corrected chi connectivity index (χ1v) is 9.76. The summed E-state index contributed by atoms with van der Waals surface area (Å²) >= 11 is 6.05. The quantitative estimate of drug-likeness (QED) is 0.717. The molecule has 28 heavy (non-hydrogen) atoms. The van der Waals surface area contributed by atoms with Crippen LogP contribution in [-0.2, 0) is 11.8 Å². The van der Waals surface area contributed by atoms with Crippen molar-refractivity contribution >= 4 is 28.5 Å². The molecule has 3 aromatic rings. The summed E-state index contributed by atoms with van der Waals surface area (Å²) in [6.07, 6.45) is 1.75. The molecule has 0 unspecified atom stereocenters. The first-order chi connectivity index (χ1) is 13.6. The smallest absolute Gasteiger partial charge is 0.251 e. The average Bonchev–Trinajstić information content (AvgIpc) is 3.10. The molecular formula is C21H23ClN4O2. The van der Waals surface area contributed by atoms with E-state index in [2.05, 4.69) is 15.2 Å². The van der Waals surface area contributed by atoms with Gasteiger partial charge in [-0.2, -0.15) is 0 Å². The number of hydrogen-bond donors (Lipinski definition) is 1. The van der Waals surface area contributed by atoms with Gasteiger partial charge in [0, 0.05) is 37.3 Å². The van der Waals surface area contributed by atoms with E-state index in [-0.39, 0.29) is 11.9 Å². The van der Waals surface area contributed by atoms with E-state index in [0.717, 1.165) is 29.7 Å². The molecule has 0 bridgehead atoms. The van der Waals surface area contributed by atoms with Crippen molar-refractivity contribution in [2.75, 3.05) is 32.8 Å². The fourth-order valence-corrected chi connectivity index (χ4v) is 3.73. The third kappa shape index (κ3) is 4.04. The minimum absolute atomic E-state index is 0.0729. The molecular weight excluding hydrogens is 376 g/mol. The molecule has 1 N–H and O–H groups in total. The second-order valence-corrected chi connectivity index (χ2v) is 7.42. The minimum Gasteiger partial charge on any atom is -0.379 e. The van der Waals surface area contributed by atoms with Gasteiger partial charge >= 0.3 is 0 Å². The minimum atomic E-state index is -0.0974. The maximum atomic E-state index is 12.8. The van der Waals surface area contributed by atoms with E-state index in [1.807, 2.05) is 54.1 Å². The van der Waals surface area contributed by atoms with Crippen LogP contribution in [0.15, 0.2) is 48.8 Å². The van der Waals surface area contributed by atoms with Crippen LogP contribution in [0, 0.1) is 0 Å². The van der Waals surface area contributed by atoms with Gasteiger partial charge in [0.2, 0.25) is 0 Å². The maximum absolute atomic E-state index is 12.8. The number of aromatic nitrogens is 2. The molecule has 1 aromatic heterocycles. The Hall–Kier alpha value is -2.41. The summed E-state index contributed by atoms with van der Waals surface area (Å²) in [6.45, 7) is 3.59. The van der Waals surface area contributed by atoms with Crippen LogP contribution in [0.5, 0.6) is 0 Å². The zero-order chi connectivity index (χ0) is 19.5. The van der Waals surface area contributed by atoms with Gasteiger partial charge in [0.1, 0.15) is 0 Å². The molecule has 6 nitrogen and oxygen atoms in total. The van der Waals surface area contributed by atoms with E-state index >= 15 is 0 Å². The predicted molar refractivity (Wildman–Crippen MR) is 110 cm³/mol. The number of carbonyl (C=O) groups excluding carboxylic acids is 1. The van der Waals surface area contributed by atoms with Crippen LogP contribution in [0.2, 0.25) is 5.02 Å². The van der Waals surface area contributed by atoms with Gasteiger partial charge in [0.15, 0.2) is 0 Å². The number of hydrogen-bond acceptors (Lipinski definition) is 4. The number of fused-ring (bicyclic) bond motifs is 1. The van der Waals surface area contributed by atoms with Gasteiger partial charge in [-0.05, 0) is 35.9 Å². The fraction of sp³-hybridized carbons (Fsp3) is 0.333. The molecule has 0 aliphatic carbocycles. The lowest BCUT2D eigenvalue weighted by Gasteiger charge is -2.35. The highest BCUT2D eigenvalue weighted by Crippen LogP contribution is 2.23. The number of ether oxygens (including phenoxy) is 1. The van der Waals surface area contributed by atoms with Gasteiger partial charge in [-0.1, -0.05) is 23.7 Å². The third-order valence-electron chi connectivity index (χ3n) is 5.18. The molecule has 7 heteroatoms. The van der Waals surface area contributed by atoms with Crippen molar-refractivity contribution in [3.63, 3.8) is 0 Å². The molecule has 1 atom stereocenters. The first-order valence-electron chi connectivity index (χ1n) is 9.38. The summed E-state index contributed by atoms with van der Waals surface area (Å²) in [4.78, 5) is 19.4. The molecule has 1 amide bonds. The monoisotopic (exact) mass is 398 g/mol. The van der Waals surface area contributed by atoms with Gasteiger partial charge < -0.3 is 14.6 Å². The maximum Gasteiger partial charge on any atom is 0.251 e. The van der Waals surface area contributed by atoms with Crippen LogP contribution in [0.4, 0.5) is 0 Å². The second kappa shape index (κ2) is 8.31. The fourth-order valence-electron chi connectivity index (χ4n) is 3.60. The highest BCUT2D eigenvalue weighted by Gasteiger charge is 2.23. The number of carbonyl (C=O) groups is 1. The number of imidazole rings is 1. The number of amides is 1. The molecule has 2 aromatic carbocycles. The largest absolute Gasteiger partial charge is 0.379 e. The van der Waals surface area contributed by atoms with Crippen LogP contribution in [0.1, 0.15) is 22.0 Å². The summed E-state index contributed by atoms with van der Waals surface area (Å²) in [5.41, 5.74) is 3.57. The highest BCUT2D eigenvalue weighted by atomic mass is 35.5. The SMILES string of the molecule is Cn1cnc2cc(C(=O)NC[C@H](c3ccc(Cl)cc3)N3CCOCC3)ccc21. The van der Waals surface area contributed by atoms with Crippen molar-refractivity contribution in [3.8, 4) is 0 Å². The Bertz CT molecular complexity index is 964. The molecule has 1 fully saturated rings. The molecule has 0 spiro atoms. The van der Waals surface area contributed by atoms with Crippen molar-refractivity contribution in [3.05, 3.63) is 64.9 Å². The van der Waals surface area contributed by atoms with Crippen molar-refractivity contribution in [1.29, 1.82) is 0 Å². The second-order valence-electron chi connectivity index (χ2n) is 6.98. The standard InChI is InChI=1S/C21H23ClN4O2/c1-25-14-24-18-12-16(4-7-19(18)25)21(27)23-13-20(26-8-10-28-11-9-26)15-2-5-17(22)6-3-15/h2-7,12,14,20H,8-11,13H2,1H3,(H,23,27)/t20-/m1/s1. The Morgan fingerprint density at radius 3 is 2.71 bits per heavy atom. The lowest BCUT2D eigenvalue weighted by molar-refractivity contribution is 0.0162. The zero-order valence-electron chi connectivity index (χ0n) is 15.8. The van der Waals surface area contributed by atoms with Gasteiger partial charge in [-0.15, -0.1) is 0 Å². The topological polar surface area (TPSA) is 59.4 Å². The summed E-state index contributed by atoms with van der Waals surface area (Å²) in [6, 6.07) is 13.5. The summed E-state index contributed by atoms with van der Waals surface area (Å²) in [7, 11) is 1.94. The number of halogens is 1. The Balaban J connectivity index is 1.50. The van der Waals surface area contributed by atoms with Crippen LogP contribution in [0.25, 0.3) is 11.0 Å². The van der Waals surface area contributed by atoms with Crippen LogP contribution < -0.4 is 5.32 Å². The Morgan fingerprint density at radius 2 is 1.96 bits per heavy atom. The number of benzene rings is 2. The molecule has 146 valence electrons. The Labute approximate surface area is 169 Å². The number of aryl methyl sites for hydroxylation is 1. The van der Waals surface area contributed by atoms with E-state index in [9.17, 15) is 4.79 Å². The summed E-state index contributed by atoms with van der Waals surface area (Å²) < 4.78 is 7.42. The van der Waals surface area contributed by atoms with E-state index in [1.165, 1.54) is 0 Å². The summed E-state index contributed by atoms with van der Waals surface area (Å²) in [5, 5.41) is 3.80. The van der Waals surface area contributed by atoms with Gasteiger partial charge in [-0.3, -0.25) is 9.69 Å². The molecule has 1 saturated heterocycles. The van der Waals surface area contributed by atoms with E-state index < -0.39 is 0 Å². The lowest BCUT2D eigenvalue weighted by atomic mass is 10.0. The van der Waals surface area contributed by atoms with Crippen LogP contribution in [-0.4, -0.2) is 53.2 Å². The van der Waals surface area contributed by atoms with Gasteiger partial charge in [-0.25, -0.2) is 4.98 Å². The zero-order valence-corrected chi connectivity index (χ0v) is 16.5. The number of rotatable bonds is 5. The molecule has 0 saturated carbocycles. The summed E-state index contributed by atoms with van der Waals surface area (Å²) in [5.74, 6) is -0.0974. The number of nitrogens with one attached hydrogen (secondary N) is 1. The molecule has 4 rings (SSSR count). The van der Waals surface area contributed by atoms with Crippen molar-refractivity contribution < 1.29 is 9.53 Å². The third-order valence-corrected chi connectivity index (χ3v) is 5.44. The van der Waals surface area contributed by atoms with Gasteiger partial charge in [0.25, 0.3) is 5.91 Å². The lowest BCUT2D eigenvalue weighted by Crippen LogP contribution is -2.43. The molecule has 1 aliphatic heterocycles. The highest BCUT2D eigenvalue weighted by molar-refractivity contribution is 6.30. The van der Waals surface area contributed by atoms with E-state index in [1.54, 1.807) is 6.33 Å². The normalized spacial score (nSPS) is 16.2. The van der Waals surface area contributed by atoms with E-state index in [4.69, 9.17) is 16.3 Å². The van der Waals surface area contributed by atoms with Crippen LogP contribution >= 0.6 is 11.6 Å².